The number of likely N-dealkylation sites (N-methyl/N-ethyl adjacent to an activating group) is 1. The third kappa shape index (κ3) is 3.12. The van der Waals surface area contributed by atoms with Gasteiger partial charge in [-0.3, -0.25) is 0 Å². The molecule has 1 aromatic heterocycles. The van der Waals surface area contributed by atoms with Crippen molar-refractivity contribution in [1.82, 2.24) is 15.2 Å². The molecule has 1 heterocycles. The molecule has 0 amide bonds. The fourth-order valence-electron chi connectivity index (χ4n) is 2.01. The highest BCUT2D eigenvalue weighted by Crippen LogP contribution is 2.16. The first kappa shape index (κ1) is 13.1. The second kappa shape index (κ2) is 6.03. The van der Waals surface area contributed by atoms with Gasteiger partial charge in [-0.15, -0.1) is 0 Å². The summed E-state index contributed by atoms with van der Waals surface area (Å²) in [6, 6.07) is 9.05. The van der Waals surface area contributed by atoms with Gasteiger partial charge in [-0.2, -0.15) is 0 Å². The molecule has 18 heavy (non-hydrogen) atoms. The molecule has 3 nitrogen and oxygen atoms in total. The molecule has 0 atom stereocenters. The van der Waals surface area contributed by atoms with Crippen LogP contribution < -0.4 is 5.32 Å². The molecule has 2 aromatic rings. The van der Waals surface area contributed by atoms with Gasteiger partial charge in [0.05, 0.1) is 0 Å². The molecule has 98 valence electrons. The van der Waals surface area contributed by atoms with Crippen LogP contribution in [0.5, 0.6) is 0 Å². The predicted octanol–water partition coefficient (Wildman–Crippen LogP) is 2.60. The molecule has 2 rings (SSSR count). The minimum Gasteiger partial charge on any atom is -0.361 e. The van der Waals surface area contributed by atoms with Crippen LogP contribution in [0.1, 0.15) is 19.4 Å². The number of aromatic nitrogens is 1. The number of benzene rings is 1. The number of hydrogen-bond acceptors (Lipinski definition) is 2. The zero-order valence-corrected chi connectivity index (χ0v) is 11.5. The number of hydrogen-bond donors (Lipinski definition) is 2. The molecule has 0 aliphatic carbocycles. The van der Waals surface area contributed by atoms with Gasteiger partial charge in [0, 0.05) is 42.8 Å². The minimum atomic E-state index is 0.611. The van der Waals surface area contributed by atoms with Crippen LogP contribution in [0.3, 0.4) is 0 Å². The van der Waals surface area contributed by atoms with Crippen molar-refractivity contribution in [2.45, 2.75) is 26.4 Å². The van der Waals surface area contributed by atoms with Crippen LogP contribution in [0.4, 0.5) is 0 Å². The summed E-state index contributed by atoms with van der Waals surface area (Å²) in [5.41, 5.74) is 2.56. The van der Waals surface area contributed by atoms with Crippen LogP contribution in [-0.2, 0) is 6.54 Å². The molecule has 2 N–H and O–H groups in total. The number of nitrogens with one attached hydrogen (secondary N) is 2. The van der Waals surface area contributed by atoms with E-state index in [1.54, 1.807) is 0 Å². The first-order valence-corrected chi connectivity index (χ1v) is 6.64. The smallest absolute Gasteiger partial charge is 0.0457 e. The second-order valence-corrected chi connectivity index (χ2v) is 5.11. The highest BCUT2D eigenvalue weighted by atomic mass is 15.1. The summed E-state index contributed by atoms with van der Waals surface area (Å²) in [6.45, 7) is 7.48. The van der Waals surface area contributed by atoms with Gasteiger partial charge >= 0.3 is 0 Å². The third-order valence-electron chi connectivity index (χ3n) is 3.51. The molecule has 1 aromatic carbocycles. The Morgan fingerprint density at radius 1 is 1.28 bits per heavy atom. The molecular weight excluding hydrogens is 222 g/mol. The first-order valence-electron chi connectivity index (χ1n) is 6.64. The molecule has 0 fully saturated rings. The lowest BCUT2D eigenvalue weighted by Gasteiger charge is -2.20. The summed E-state index contributed by atoms with van der Waals surface area (Å²) >= 11 is 0. The van der Waals surface area contributed by atoms with Crippen molar-refractivity contribution >= 4 is 10.9 Å². The normalized spacial score (nSPS) is 11.8. The summed E-state index contributed by atoms with van der Waals surface area (Å²) in [4.78, 5) is 5.66. The average molecular weight is 245 g/mol. The number of para-hydroxylation sites is 1. The van der Waals surface area contributed by atoms with E-state index >= 15 is 0 Å². The summed E-state index contributed by atoms with van der Waals surface area (Å²) < 4.78 is 0. The van der Waals surface area contributed by atoms with Crippen LogP contribution in [-0.4, -0.2) is 36.1 Å². The molecule has 0 aliphatic rings. The molecule has 0 saturated heterocycles. The maximum absolute atomic E-state index is 3.50. The predicted molar refractivity (Wildman–Crippen MR) is 77.8 cm³/mol. The topological polar surface area (TPSA) is 31.1 Å². The molecule has 0 radical (unpaired) electrons. The molecule has 0 saturated carbocycles. The highest BCUT2D eigenvalue weighted by molar-refractivity contribution is 5.82. The summed E-state index contributed by atoms with van der Waals surface area (Å²) in [7, 11) is 2.16. The van der Waals surface area contributed by atoms with Crippen molar-refractivity contribution in [3.63, 3.8) is 0 Å². The van der Waals surface area contributed by atoms with E-state index in [9.17, 15) is 0 Å². The van der Waals surface area contributed by atoms with E-state index in [1.165, 1.54) is 16.5 Å². The quantitative estimate of drug-likeness (QED) is 0.766. The number of aromatic amines is 1. The van der Waals surface area contributed by atoms with Crippen molar-refractivity contribution < 1.29 is 0 Å². The van der Waals surface area contributed by atoms with Gasteiger partial charge in [0.1, 0.15) is 0 Å². The fraction of sp³-hybridized carbons (Fsp3) is 0.467. The lowest BCUT2D eigenvalue weighted by molar-refractivity contribution is 0.273. The number of rotatable bonds is 6. The van der Waals surface area contributed by atoms with Crippen molar-refractivity contribution in [3.8, 4) is 0 Å². The Labute approximate surface area is 109 Å². The zero-order valence-electron chi connectivity index (χ0n) is 11.5. The summed E-state index contributed by atoms with van der Waals surface area (Å²) in [5.74, 6) is 0. The Bertz CT molecular complexity index is 487. The van der Waals surface area contributed by atoms with Gasteiger partial charge in [0.15, 0.2) is 0 Å². The number of fused-ring (bicyclic) bond motifs is 1. The Morgan fingerprint density at radius 3 is 2.83 bits per heavy atom. The Balaban J connectivity index is 1.84. The highest BCUT2D eigenvalue weighted by Gasteiger charge is 2.04. The first-order chi connectivity index (χ1) is 8.68. The van der Waals surface area contributed by atoms with Gasteiger partial charge in [0.25, 0.3) is 0 Å². The van der Waals surface area contributed by atoms with E-state index in [4.69, 9.17) is 0 Å². The number of nitrogens with zero attached hydrogens (tertiary/aromatic N) is 1. The standard InChI is InChI=1S/C15H23N3/c1-12(2)18(3)9-8-16-10-13-11-17-15-7-5-4-6-14(13)15/h4-7,11-12,16-17H,8-10H2,1-3H3. The van der Waals surface area contributed by atoms with Crippen molar-refractivity contribution in [3.05, 3.63) is 36.0 Å². The Hall–Kier alpha value is -1.32. The third-order valence-corrected chi connectivity index (χ3v) is 3.51. The van der Waals surface area contributed by atoms with Gasteiger partial charge in [-0.25, -0.2) is 0 Å². The van der Waals surface area contributed by atoms with E-state index in [-0.39, 0.29) is 0 Å². The van der Waals surface area contributed by atoms with Crippen molar-refractivity contribution in [2.24, 2.45) is 0 Å². The van der Waals surface area contributed by atoms with Crippen molar-refractivity contribution in [1.29, 1.82) is 0 Å². The number of H-pyrrole nitrogens is 1. The van der Waals surface area contributed by atoms with Crippen LogP contribution in [0.25, 0.3) is 10.9 Å². The van der Waals surface area contributed by atoms with E-state index in [1.807, 2.05) is 0 Å². The zero-order chi connectivity index (χ0) is 13.0. The van der Waals surface area contributed by atoms with Gasteiger partial charge in [-0.1, -0.05) is 18.2 Å². The van der Waals surface area contributed by atoms with Crippen molar-refractivity contribution in [2.75, 3.05) is 20.1 Å². The van der Waals surface area contributed by atoms with Gasteiger partial charge in [0.2, 0.25) is 0 Å². The Morgan fingerprint density at radius 2 is 2.06 bits per heavy atom. The summed E-state index contributed by atoms with van der Waals surface area (Å²) in [5, 5.41) is 4.83. The molecule has 0 unspecified atom stereocenters. The molecule has 3 heteroatoms. The van der Waals surface area contributed by atoms with E-state index in [0.717, 1.165) is 19.6 Å². The molecular formula is C15H23N3. The fourth-order valence-corrected chi connectivity index (χ4v) is 2.01. The van der Waals surface area contributed by atoms with Crippen LogP contribution >= 0.6 is 0 Å². The van der Waals surface area contributed by atoms with Crippen LogP contribution in [0, 0.1) is 0 Å². The summed E-state index contributed by atoms with van der Waals surface area (Å²) in [6.07, 6.45) is 2.10. The molecule has 0 spiro atoms. The largest absolute Gasteiger partial charge is 0.361 e. The minimum absolute atomic E-state index is 0.611. The van der Waals surface area contributed by atoms with E-state index < -0.39 is 0 Å². The maximum Gasteiger partial charge on any atom is 0.0457 e. The van der Waals surface area contributed by atoms with Gasteiger partial charge < -0.3 is 15.2 Å². The SMILES string of the molecule is CC(C)N(C)CCNCc1c[nH]c2ccccc12. The Kier molecular flexibility index (Phi) is 4.39. The van der Waals surface area contributed by atoms with Crippen LogP contribution in [0.15, 0.2) is 30.5 Å². The van der Waals surface area contributed by atoms with E-state index in [0.29, 0.717) is 6.04 Å². The van der Waals surface area contributed by atoms with E-state index in [2.05, 4.69) is 66.6 Å². The molecule has 0 bridgehead atoms. The maximum atomic E-state index is 3.50. The second-order valence-electron chi connectivity index (χ2n) is 5.11. The van der Waals surface area contributed by atoms with Gasteiger partial charge in [-0.05, 0) is 32.5 Å². The average Bonchev–Trinajstić information content (AvgIpc) is 2.77. The lowest BCUT2D eigenvalue weighted by atomic mass is 10.2. The lowest BCUT2D eigenvalue weighted by Crippen LogP contribution is -2.33. The van der Waals surface area contributed by atoms with Crippen LogP contribution in [0.2, 0.25) is 0 Å². The monoisotopic (exact) mass is 245 g/mol. The molecule has 0 aliphatic heterocycles.